The maximum atomic E-state index is 12.5. The van der Waals surface area contributed by atoms with E-state index >= 15 is 0 Å². The zero-order valence-electron chi connectivity index (χ0n) is 14.3. The van der Waals surface area contributed by atoms with E-state index in [1.54, 1.807) is 22.7 Å². The number of nitrogens with zero attached hydrogens (tertiary/aromatic N) is 2. The molecule has 1 aliphatic rings. The molecule has 128 valence electrons. The van der Waals surface area contributed by atoms with Gasteiger partial charge in [-0.15, -0.1) is 0 Å². The van der Waals surface area contributed by atoms with Gasteiger partial charge in [-0.3, -0.25) is 4.79 Å². The molecule has 0 bridgehead atoms. The van der Waals surface area contributed by atoms with Crippen molar-refractivity contribution < 1.29 is 9.21 Å². The van der Waals surface area contributed by atoms with Crippen molar-refractivity contribution >= 4 is 23.4 Å². The molecule has 0 aliphatic carbocycles. The van der Waals surface area contributed by atoms with Gasteiger partial charge in [0, 0.05) is 32.4 Å². The molecule has 1 aromatic heterocycles. The Morgan fingerprint density at radius 2 is 2.08 bits per heavy atom. The number of para-hydroxylation sites is 1. The van der Waals surface area contributed by atoms with E-state index < -0.39 is 0 Å². The van der Waals surface area contributed by atoms with E-state index in [0.29, 0.717) is 11.7 Å². The third-order valence-electron chi connectivity index (χ3n) is 4.44. The number of furan rings is 1. The first-order chi connectivity index (χ1) is 11.7. The van der Waals surface area contributed by atoms with Crippen molar-refractivity contribution in [3.8, 4) is 0 Å². The van der Waals surface area contributed by atoms with Crippen LogP contribution in [0.1, 0.15) is 22.7 Å². The molecule has 0 N–H and O–H groups in total. The van der Waals surface area contributed by atoms with Crippen LogP contribution in [0.5, 0.6) is 0 Å². The lowest BCUT2D eigenvalue weighted by molar-refractivity contribution is 0.0743. The summed E-state index contributed by atoms with van der Waals surface area (Å²) in [5, 5.41) is 0. The number of hydrogen-bond donors (Lipinski definition) is 0. The normalized spacial score (nSPS) is 17.2. The SMILES string of the molecule is CSCc1ccc(C(=O)N(C)CC2CCN(c3ccccc3)C2)o1. The number of anilines is 1. The Balaban J connectivity index is 1.55. The molecule has 1 amide bonds. The molecule has 0 spiro atoms. The summed E-state index contributed by atoms with van der Waals surface area (Å²) in [7, 11) is 1.87. The van der Waals surface area contributed by atoms with Crippen LogP contribution in [0.2, 0.25) is 0 Å². The molecule has 1 fully saturated rings. The first-order valence-electron chi connectivity index (χ1n) is 8.30. The van der Waals surface area contributed by atoms with E-state index in [2.05, 4.69) is 29.2 Å². The molecular formula is C19H24N2O2S. The van der Waals surface area contributed by atoms with E-state index in [1.807, 2.05) is 25.4 Å². The highest BCUT2D eigenvalue weighted by Crippen LogP contribution is 2.24. The monoisotopic (exact) mass is 344 g/mol. The van der Waals surface area contributed by atoms with Crippen LogP contribution >= 0.6 is 11.8 Å². The van der Waals surface area contributed by atoms with Crippen molar-refractivity contribution in [2.24, 2.45) is 5.92 Å². The summed E-state index contributed by atoms with van der Waals surface area (Å²) in [4.78, 5) is 16.7. The summed E-state index contributed by atoms with van der Waals surface area (Å²) in [6.07, 6.45) is 3.14. The van der Waals surface area contributed by atoms with Gasteiger partial charge >= 0.3 is 0 Å². The number of amides is 1. The Labute approximate surface area is 147 Å². The molecule has 1 aliphatic heterocycles. The predicted octanol–water partition coefficient (Wildman–Crippen LogP) is 3.74. The number of benzene rings is 1. The molecule has 1 atom stereocenters. The lowest BCUT2D eigenvalue weighted by Crippen LogP contribution is -2.33. The van der Waals surface area contributed by atoms with Gasteiger partial charge in [-0.25, -0.2) is 0 Å². The first-order valence-corrected chi connectivity index (χ1v) is 9.70. The van der Waals surface area contributed by atoms with Crippen molar-refractivity contribution in [3.05, 3.63) is 54.0 Å². The molecule has 1 unspecified atom stereocenters. The Kier molecular flexibility index (Phi) is 5.51. The molecule has 5 heteroatoms. The van der Waals surface area contributed by atoms with Crippen LogP contribution in [0.15, 0.2) is 46.9 Å². The third kappa shape index (κ3) is 3.96. The summed E-state index contributed by atoms with van der Waals surface area (Å²) in [5.74, 6) is 2.57. The Morgan fingerprint density at radius 3 is 2.83 bits per heavy atom. The number of hydrogen-bond acceptors (Lipinski definition) is 4. The Morgan fingerprint density at radius 1 is 1.29 bits per heavy atom. The van der Waals surface area contributed by atoms with Gasteiger partial charge in [0.25, 0.3) is 5.91 Å². The fourth-order valence-corrected chi connectivity index (χ4v) is 3.67. The van der Waals surface area contributed by atoms with Gasteiger partial charge in [0.15, 0.2) is 5.76 Å². The molecule has 2 heterocycles. The van der Waals surface area contributed by atoms with Gasteiger partial charge in [0.05, 0.1) is 5.75 Å². The van der Waals surface area contributed by atoms with Crippen LogP contribution in [0, 0.1) is 5.92 Å². The standard InChI is InChI=1S/C19H24N2O2S/c1-20(19(22)18-9-8-17(23-18)14-24-2)12-15-10-11-21(13-15)16-6-4-3-5-7-16/h3-9,15H,10-14H2,1-2H3. The van der Waals surface area contributed by atoms with Crippen molar-refractivity contribution in [1.82, 2.24) is 4.90 Å². The lowest BCUT2D eigenvalue weighted by atomic mass is 10.1. The van der Waals surface area contributed by atoms with E-state index in [9.17, 15) is 4.79 Å². The van der Waals surface area contributed by atoms with Crippen molar-refractivity contribution in [2.75, 3.05) is 37.8 Å². The molecule has 0 radical (unpaired) electrons. The minimum absolute atomic E-state index is 0.0273. The average molecular weight is 344 g/mol. The maximum Gasteiger partial charge on any atom is 0.289 e. The van der Waals surface area contributed by atoms with Crippen LogP contribution in [0.3, 0.4) is 0 Å². The van der Waals surface area contributed by atoms with Crippen molar-refractivity contribution in [2.45, 2.75) is 12.2 Å². The van der Waals surface area contributed by atoms with Gasteiger partial charge in [0.1, 0.15) is 5.76 Å². The third-order valence-corrected chi connectivity index (χ3v) is 5.02. The van der Waals surface area contributed by atoms with Gasteiger partial charge in [-0.1, -0.05) is 18.2 Å². The highest BCUT2D eigenvalue weighted by Gasteiger charge is 2.26. The lowest BCUT2D eigenvalue weighted by Gasteiger charge is -2.22. The molecule has 1 aromatic carbocycles. The number of carbonyl (C=O) groups is 1. The van der Waals surface area contributed by atoms with Crippen LogP contribution in [-0.4, -0.2) is 43.7 Å². The molecule has 3 rings (SSSR count). The first kappa shape index (κ1) is 17.0. The summed E-state index contributed by atoms with van der Waals surface area (Å²) in [6.45, 7) is 2.81. The van der Waals surface area contributed by atoms with Crippen LogP contribution < -0.4 is 4.90 Å². The molecule has 1 saturated heterocycles. The molecule has 0 saturated carbocycles. The highest BCUT2D eigenvalue weighted by atomic mass is 32.2. The predicted molar refractivity (Wildman–Crippen MR) is 99.6 cm³/mol. The second kappa shape index (κ2) is 7.79. The summed E-state index contributed by atoms with van der Waals surface area (Å²) < 4.78 is 5.64. The number of rotatable bonds is 6. The van der Waals surface area contributed by atoms with Gasteiger partial charge < -0.3 is 14.2 Å². The van der Waals surface area contributed by atoms with Gasteiger partial charge in [-0.2, -0.15) is 11.8 Å². The molecule has 24 heavy (non-hydrogen) atoms. The average Bonchev–Trinajstić information content (AvgIpc) is 3.25. The van der Waals surface area contributed by atoms with Crippen molar-refractivity contribution in [1.29, 1.82) is 0 Å². The fraction of sp³-hybridized carbons (Fsp3) is 0.421. The van der Waals surface area contributed by atoms with Crippen LogP contribution in [0.25, 0.3) is 0 Å². The minimum atomic E-state index is -0.0273. The van der Waals surface area contributed by atoms with E-state index in [0.717, 1.165) is 37.6 Å². The van der Waals surface area contributed by atoms with Gasteiger partial charge in [-0.05, 0) is 42.9 Å². The van der Waals surface area contributed by atoms with Crippen LogP contribution in [-0.2, 0) is 5.75 Å². The van der Waals surface area contributed by atoms with E-state index in [1.165, 1.54) is 5.69 Å². The Hall–Kier alpha value is -1.88. The second-order valence-corrected chi connectivity index (χ2v) is 7.19. The van der Waals surface area contributed by atoms with Crippen molar-refractivity contribution in [3.63, 3.8) is 0 Å². The van der Waals surface area contributed by atoms with Crippen LogP contribution in [0.4, 0.5) is 5.69 Å². The maximum absolute atomic E-state index is 12.5. The number of carbonyl (C=O) groups excluding carboxylic acids is 1. The molecule has 2 aromatic rings. The summed E-state index contributed by atoms with van der Waals surface area (Å²) in [6, 6.07) is 14.2. The number of thioether (sulfide) groups is 1. The second-order valence-electron chi connectivity index (χ2n) is 6.32. The molecular weight excluding hydrogens is 320 g/mol. The molecule has 4 nitrogen and oxygen atoms in total. The zero-order chi connectivity index (χ0) is 16.9. The topological polar surface area (TPSA) is 36.7 Å². The fourth-order valence-electron chi connectivity index (χ4n) is 3.23. The van der Waals surface area contributed by atoms with E-state index in [-0.39, 0.29) is 5.91 Å². The minimum Gasteiger partial charge on any atom is -0.455 e. The summed E-state index contributed by atoms with van der Waals surface area (Å²) >= 11 is 1.69. The quantitative estimate of drug-likeness (QED) is 0.800. The Bertz CT molecular complexity index is 671. The summed E-state index contributed by atoms with van der Waals surface area (Å²) in [5.41, 5.74) is 1.27. The largest absolute Gasteiger partial charge is 0.455 e. The van der Waals surface area contributed by atoms with Gasteiger partial charge in [0.2, 0.25) is 0 Å². The smallest absolute Gasteiger partial charge is 0.289 e. The zero-order valence-corrected chi connectivity index (χ0v) is 15.1. The highest BCUT2D eigenvalue weighted by molar-refractivity contribution is 7.97. The van der Waals surface area contributed by atoms with E-state index in [4.69, 9.17) is 4.42 Å².